The highest BCUT2D eigenvalue weighted by Gasteiger charge is 2.22. The normalized spacial score (nSPS) is 15.8. The van der Waals surface area contributed by atoms with E-state index in [0.717, 1.165) is 31.7 Å². The van der Waals surface area contributed by atoms with E-state index in [-0.39, 0.29) is 18.4 Å². The van der Waals surface area contributed by atoms with Crippen LogP contribution in [0.4, 0.5) is 10.6 Å². The molecule has 140 valence electrons. The Morgan fingerprint density at radius 2 is 2.19 bits per heavy atom. The second-order valence-electron chi connectivity index (χ2n) is 6.34. The van der Waals surface area contributed by atoms with Crippen LogP contribution in [0.2, 0.25) is 0 Å². The number of nitrogens with zero attached hydrogens (tertiary/aromatic N) is 3. The molecule has 1 saturated heterocycles. The summed E-state index contributed by atoms with van der Waals surface area (Å²) in [4.78, 5) is 33.8. The number of carboxylic acid groups (broad SMARTS) is 1. The molecule has 0 bridgehead atoms. The fraction of sp³-hybridized carbons (Fsp3) is 0.529. The van der Waals surface area contributed by atoms with Crippen LogP contribution in [0.5, 0.6) is 0 Å². The number of hydrogen-bond acceptors (Lipinski definition) is 6. The van der Waals surface area contributed by atoms with Crippen LogP contribution in [0.25, 0.3) is 0 Å². The van der Waals surface area contributed by atoms with Gasteiger partial charge in [0, 0.05) is 25.7 Å². The Hall–Kier alpha value is -2.86. The van der Waals surface area contributed by atoms with Crippen LogP contribution in [0.15, 0.2) is 18.3 Å². The standard InChI is InChI=1S/C17H23N5O4/c1-12(20-17(24)25)11-26-21-16(23)8-13-4-6-22(7-5-13)15-3-2-14(9-18)10-19-15/h2-3,10,12-13,20H,4-8,11H2,1H3,(H,21,23)(H,24,25). The first-order valence-electron chi connectivity index (χ1n) is 8.49. The maximum atomic E-state index is 11.9. The van der Waals surface area contributed by atoms with Crippen molar-refractivity contribution in [1.29, 1.82) is 5.26 Å². The lowest BCUT2D eigenvalue weighted by molar-refractivity contribution is -0.135. The van der Waals surface area contributed by atoms with Crippen molar-refractivity contribution in [2.24, 2.45) is 5.92 Å². The van der Waals surface area contributed by atoms with Crippen LogP contribution in [0, 0.1) is 17.2 Å². The van der Waals surface area contributed by atoms with E-state index >= 15 is 0 Å². The average molecular weight is 361 g/mol. The number of hydrogen-bond donors (Lipinski definition) is 3. The summed E-state index contributed by atoms with van der Waals surface area (Å²) in [5.74, 6) is 0.903. The van der Waals surface area contributed by atoms with Crippen LogP contribution in [0.1, 0.15) is 31.7 Å². The number of nitrogens with one attached hydrogen (secondary N) is 2. The van der Waals surface area contributed by atoms with Gasteiger partial charge in [-0.25, -0.2) is 15.3 Å². The van der Waals surface area contributed by atoms with Crippen molar-refractivity contribution in [3.05, 3.63) is 23.9 Å². The van der Waals surface area contributed by atoms with Gasteiger partial charge in [-0.05, 0) is 37.8 Å². The number of amides is 2. The first-order valence-corrected chi connectivity index (χ1v) is 8.49. The van der Waals surface area contributed by atoms with Crippen LogP contribution in [-0.2, 0) is 9.63 Å². The molecular formula is C17H23N5O4. The number of pyridine rings is 1. The predicted molar refractivity (Wildman–Crippen MR) is 93.2 cm³/mol. The van der Waals surface area contributed by atoms with Crippen LogP contribution >= 0.6 is 0 Å². The zero-order valence-electron chi connectivity index (χ0n) is 14.6. The summed E-state index contributed by atoms with van der Waals surface area (Å²) in [5.41, 5.74) is 2.90. The summed E-state index contributed by atoms with van der Waals surface area (Å²) in [7, 11) is 0. The quantitative estimate of drug-likeness (QED) is 0.624. The lowest BCUT2D eigenvalue weighted by Gasteiger charge is -2.32. The van der Waals surface area contributed by atoms with Gasteiger partial charge in [0.25, 0.3) is 0 Å². The fourth-order valence-electron chi connectivity index (χ4n) is 2.81. The number of carbonyl (C=O) groups excluding carboxylic acids is 1. The Kier molecular flexibility index (Phi) is 7.17. The second kappa shape index (κ2) is 9.58. The van der Waals surface area contributed by atoms with Gasteiger partial charge in [-0.2, -0.15) is 5.26 Å². The molecule has 1 fully saturated rings. The van der Waals surface area contributed by atoms with Gasteiger partial charge in [-0.15, -0.1) is 0 Å². The SMILES string of the molecule is CC(CONC(=O)CC1CCN(c2ccc(C#N)cn2)CC1)NC(=O)O. The first-order chi connectivity index (χ1) is 12.5. The fourth-order valence-corrected chi connectivity index (χ4v) is 2.81. The number of piperidine rings is 1. The number of rotatable bonds is 7. The molecule has 2 amide bonds. The van der Waals surface area contributed by atoms with E-state index in [2.05, 4.69) is 20.7 Å². The van der Waals surface area contributed by atoms with E-state index in [0.29, 0.717) is 12.0 Å². The molecule has 2 heterocycles. The van der Waals surface area contributed by atoms with Gasteiger partial charge >= 0.3 is 6.09 Å². The highest BCUT2D eigenvalue weighted by Crippen LogP contribution is 2.24. The lowest BCUT2D eigenvalue weighted by atomic mass is 9.93. The number of aromatic nitrogens is 1. The molecule has 0 aliphatic carbocycles. The molecule has 1 atom stereocenters. The highest BCUT2D eigenvalue weighted by molar-refractivity contribution is 5.75. The maximum absolute atomic E-state index is 11.9. The van der Waals surface area contributed by atoms with Crippen molar-refractivity contribution in [3.63, 3.8) is 0 Å². The van der Waals surface area contributed by atoms with E-state index in [9.17, 15) is 9.59 Å². The lowest BCUT2D eigenvalue weighted by Crippen LogP contribution is -2.39. The van der Waals surface area contributed by atoms with E-state index in [1.807, 2.05) is 12.1 Å². The van der Waals surface area contributed by atoms with Gasteiger partial charge in [-0.3, -0.25) is 9.63 Å². The van der Waals surface area contributed by atoms with Crippen LogP contribution in [-0.4, -0.2) is 47.8 Å². The smallest absolute Gasteiger partial charge is 0.404 e. The summed E-state index contributed by atoms with van der Waals surface area (Å²) in [5, 5.41) is 19.6. The second-order valence-corrected chi connectivity index (χ2v) is 6.34. The first kappa shape index (κ1) is 19.5. The molecule has 0 aromatic carbocycles. The number of nitriles is 1. The van der Waals surface area contributed by atoms with Crippen molar-refractivity contribution in [1.82, 2.24) is 15.8 Å². The van der Waals surface area contributed by atoms with E-state index < -0.39 is 12.1 Å². The maximum Gasteiger partial charge on any atom is 0.404 e. The van der Waals surface area contributed by atoms with E-state index in [1.165, 1.54) is 0 Å². The topological polar surface area (TPSA) is 128 Å². The molecule has 9 heteroatoms. The van der Waals surface area contributed by atoms with Gasteiger partial charge in [0.1, 0.15) is 11.9 Å². The van der Waals surface area contributed by atoms with E-state index in [1.54, 1.807) is 19.2 Å². The zero-order chi connectivity index (χ0) is 18.9. The highest BCUT2D eigenvalue weighted by atomic mass is 16.7. The molecule has 1 aliphatic heterocycles. The minimum absolute atomic E-state index is 0.0703. The molecule has 2 rings (SSSR count). The van der Waals surface area contributed by atoms with Crippen molar-refractivity contribution in [2.75, 3.05) is 24.6 Å². The van der Waals surface area contributed by atoms with Crippen molar-refractivity contribution >= 4 is 17.8 Å². The average Bonchev–Trinajstić information content (AvgIpc) is 2.62. The Labute approximate surface area is 151 Å². The molecule has 1 aromatic rings. The zero-order valence-corrected chi connectivity index (χ0v) is 14.6. The Bertz CT molecular complexity index is 650. The Morgan fingerprint density at radius 3 is 2.77 bits per heavy atom. The summed E-state index contributed by atoms with van der Waals surface area (Å²) in [6.07, 6.45) is 2.54. The number of carbonyl (C=O) groups is 2. The number of anilines is 1. The van der Waals surface area contributed by atoms with Crippen molar-refractivity contribution < 1.29 is 19.5 Å². The third-order valence-electron chi connectivity index (χ3n) is 4.18. The van der Waals surface area contributed by atoms with Crippen molar-refractivity contribution in [2.45, 2.75) is 32.2 Å². The summed E-state index contributed by atoms with van der Waals surface area (Å²) in [6, 6.07) is 5.23. The van der Waals surface area contributed by atoms with Crippen molar-refractivity contribution in [3.8, 4) is 6.07 Å². The molecule has 3 N–H and O–H groups in total. The summed E-state index contributed by atoms with van der Waals surface area (Å²) in [6.45, 7) is 3.32. The van der Waals surface area contributed by atoms with Gasteiger partial charge < -0.3 is 15.3 Å². The molecule has 9 nitrogen and oxygen atoms in total. The summed E-state index contributed by atoms with van der Waals surface area (Å²) >= 11 is 0. The van der Waals surface area contributed by atoms with Crippen LogP contribution in [0.3, 0.4) is 0 Å². The monoisotopic (exact) mass is 361 g/mol. The van der Waals surface area contributed by atoms with Crippen LogP contribution < -0.4 is 15.7 Å². The molecule has 0 spiro atoms. The largest absolute Gasteiger partial charge is 0.465 e. The predicted octanol–water partition coefficient (Wildman–Crippen LogP) is 1.26. The molecule has 26 heavy (non-hydrogen) atoms. The van der Waals surface area contributed by atoms with Gasteiger partial charge in [0.15, 0.2) is 0 Å². The molecule has 0 saturated carbocycles. The summed E-state index contributed by atoms with van der Waals surface area (Å²) < 4.78 is 0. The molecule has 1 aliphatic rings. The molecular weight excluding hydrogens is 338 g/mol. The Balaban J connectivity index is 1.67. The molecule has 0 radical (unpaired) electrons. The van der Waals surface area contributed by atoms with Gasteiger partial charge in [0.2, 0.25) is 5.91 Å². The minimum atomic E-state index is -1.13. The number of hydroxylamine groups is 1. The minimum Gasteiger partial charge on any atom is -0.465 e. The molecule has 1 unspecified atom stereocenters. The van der Waals surface area contributed by atoms with E-state index in [4.69, 9.17) is 15.2 Å². The van der Waals surface area contributed by atoms with Gasteiger partial charge in [-0.1, -0.05) is 0 Å². The van der Waals surface area contributed by atoms with Gasteiger partial charge in [0.05, 0.1) is 18.2 Å². The third kappa shape index (κ3) is 6.22. The Morgan fingerprint density at radius 1 is 1.46 bits per heavy atom. The third-order valence-corrected chi connectivity index (χ3v) is 4.18. The molecule has 1 aromatic heterocycles.